The van der Waals surface area contributed by atoms with Crippen molar-refractivity contribution in [3.63, 3.8) is 0 Å². The van der Waals surface area contributed by atoms with Crippen LogP contribution in [-0.4, -0.2) is 29.0 Å². The molecule has 1 rings (SSSR count). The van der Waals surface area contributed by atoms with Crippen LogP contribution in [0, 0.1) is 0 Å². The highest BCUT2D eigenvalue weighted by atomic mass is 16.0. The van der Waals surface area contributed by atoms with Gasteiger partial charge in [-0.2, -0.15) is 0 Å². The number of likely N-dealkylation sites (tertiary alicyclic amines) is 1. The van der Waals surface area contributed by atoms with Gasteiger partial charge < -0.3 is 5.48 Å². The molecule has 1 heterocycles. The third-order valence-electron chi connectivity index (χ3n) is 3.69. The van der Waals surface area contributed by atoms with E-state index in [1.165, 1.54) is 45.2 Å². The van der Waals surface area contributed by atoms with E-state index in [4.69, 9.17) is 0 Å². The topological polar surface area (TPSA) is 34.7 Å². The molecule has 0 aromatic carbocycles. The maximum absolute atomic E-state index is 2.69. The molecule has 0 radical (unpaired) electrons. The van der Waals surface area contributed by atoms with Gasteiger partial charge in [0.15, 0.2) is 0 Å². The van der Waals surface area contributed by atoms with E-state index in [0.29, 0.717) is 5.54 Å². The van der Waals surface area contributed by atoms with E-state index in [2.05, 4.69) is 25.7 Å². The molecule has 80 valence electrons. The highest BCUT2D eigenvalue weighted by Gasteiger charge is 2.33. The van der Waals surface area contributed by atoms with Gasteiger partial charge in [-0.3, -0.25) is 4.90 Å². The number of nitrogens with zero attached hydrogens (tertiary/aromatic N) is 1. The van der Waals surface area contributed by atoms with E-state index < -0.39 is 0 Å². The average Bonchev–Trinajstić information content (AvgIpc) is 2.17. The summed E-state index contributed by atoms with van der Waals surface area (Å²) >= 11 is 0. The lowest BCUT2D eigenvalue weighted by Crippen LogP contribution is -2.50. The smallest absolute Gasteiger partial charge is 0.0204 e. The van der Waals surface area contributed by atoms with Crippen LogP contribution in [0.2, 0.25) is 0 Å². The van der Waals surface area contributed by atoms with Crippen molar-refractivity contribution < 1.29 is 5.48 Å². The monoisotopic (exact) mass is 187 g/mol. The number of hydrogen-bond donors (Lipinski definition) is 0. The molecule has 2 N–H and O–H groups in total. The zero-order valence-corrected chi connectivity index (χ0v) is 9.40. The summed E-state index contributed by atoms with van der Waals surface area (Å²) in [5, 5.41) is 0. The molecule has 2 heteroatoms. The second-order valence-electron chi connectivity index (χ2n) is 3.97. The normalized spacial score (nSPS) is 22.4. The maximum atomic E-state index is 2.69. The Hall–Kier alpha value is -0.0800. The highest BCUT2D eigenvalue weighted by molar-refractivity contribution is 4.90. The maximum Gasteiger partial charge on any atom is 0.0204 e. The first-order chi connectivity index (χ1) is 5.79. The van der Waals surface area contributed by atoms with E-state index in [-0.39, 0.29) is 5.48 Å². The number of hydrogen-bond acceptors (Lipinski definition) is 1. The van der Waals surface area contributed by atoms with E-state index >= 15 is 0 Å². The van der Waals surface area contributed by atoms with Crippen LogP contribution in [-0.2, 0) is 0 Å². The zero-order valence-electron chi connectivity index (χ0n) is 9.40. The molecular formula is C11H25NO. The molecular weight excluding hydrogens is 162 g/mol. The lowest BCUT2D eigenvalue weighted by Gasteiger charge is -2.46. The van der Waals surface area contributed by atoms with Gasteiger partial charge in [0.05, 0.1) is 0 Å². The molecule has 0 amide bonds. The standard InChI is InChI=1S/C11H23N.H2O/c1-4-11(5-2)9-7-8-10-12(11)6-3;/h4-10H2,1-3H3;1H2. The van der Waals surface area contributed by atoms with Crippen LogP contribution in [0.5, 0.6) is 0 Å². The fourth-order valence-electron chi connectivity index (χ4n) is 2.70. The Morgan fingerprint density at radius 1 is 1.08 bits per heavy atom. The molecule has 2 nitrogen and oxygen atoms in total. The second-order valence-corrected chi connectivity index (χ2v) is 3.97. The van der Waals surface area contributed by atoms with E-state index in [1.54, 1.807) is 0 Å². The van der Waals surface area contributed by atoms with Gasteiger partial charge in [-0.1, -0.05) is 27.2 Å². The van der Waals surface area contributed by atoms with Crippen molar-refractivity contribution in [2.75, 3.05) is 13.1 Å². The molecule has 0 aromatic heterocycles. The zero-order chi connectivity index (χ0) is 9.03. The third kappa shape index (κ3) is 2.44. The molecule has 0 bridgehead atoms. The predicted octanol–water partition coefficient (Wildman–Crippen LogP) is 2.23. The predicted molar refractivity (Wildman–Crippen MR) is 58.0 cm³/mol. The van der Waals surface area contributed by atoms with Crippen molar-refractivity contribution in [3.05, 3.63) is 0 Å². The van der Waals surface area contributed by atoms with Gasteiger partial charge in [0.25, 0.3) is 0 Å². The van der Waals surface area contributed by atoms with Crippen molar-refractivity contribution in [2.45, 2.75) is 58.4 Å². The minimum absolute atomic E-state index is 0. The van der Waals surface area contributed by atoms with Crippen LogP contribution in [0.1, 0.15) is 52.9 Å². The summed E-state index contributed by atoms with van der Waals surface area (Å²) in [7, 11) is 0. The van der Waals surface area contributed by atoms with Crippen LogP contribution in [0.15, 0.2) is 0 Å². The minimum Gasteiger partial charge on any atom is -0.412 e. The van der Waals surface area contributed by atoms with Crippen molar-refractivity contribution in [1.29, 1.82) is 0 Å². The SMILES string of the molecule is CCN1CCCCC1(CC)CC.O. The molecule has 0 aromatic rings. The molecule has 0 spiro atoms. The molecule has 1 aliphatic rings. The Morgan fingerprint density at radius 2 is 1.69 bits per heavy atom. The van der Waals surface area contributed by atoms with Crippen LogP contribution in [0.3, 0.4) is 0 Å². The Balaban J connectivity index is 0.00000144. The van der Waals surface area contributed by atoms with Crippen LogP contribution >= 0.6 is 0 Å². The number of piperidine rings is 1. The van der Waals surface area contributed by atoms with Gasteiger partial charge in [-0.05, 0) is 38.8 Å². The summed E-state index contributed by atoms with van der Waals surface area (Å²) in [6.45, 7) is 9.56. The quantitative estimate of drug-likeness (QED) is 0.667. The van der Waals surface area contributed by atoms with E-state index in [9.17, 15) is 0 Å². The van der Waals surface area contributed by atoms with Crippen molar-refractivity contribution >= 4 is 0 Å². The Kier molecular flexibility index (Phi) is 5.57. The third-order valence-corrected chi connectivity index (χ3v) is 3.69. The molecule has 1 saturated heterocycles. The van der Waals surface area contributed by atoms with E-state index in [1.807, 2.05) is 0 Å². The Bertz CT molecular complexity index is 132. The van der Waals surface area contributed by atoms with E-state index in [0.717, 1.165) is 0 Å². The molecule has 0 saturated carbocycles. The second kappa shape index (κ2) is 5.61. The Labute approximate surface area is 82.6 Å². The summed E-state index contributed by atoms with van der Waals surface area (Å²) in [5.41, 5.74) is 0.562. The van der Waals surface area contributed by atoms with Gasteiger partial charge in [-0.15, -0.1) is 0 Å². The fourth-order valence-corrected chi connectivity index (χ4v) is 2.70. The molecule has 0 unspecified atom stereocenters. The van der Waals surface area contributed by atoms with Gasteiger partial charge in [-0.25, -0.2) is 0 Å². The summed E-state index contributed by atoms with van der Waals surface area (Å²) in [6.07, 6.45) is 6.94. The molecule has 1 fully saturated rings. The van der Waals surface area contributed by atoms with Crippen molar-refractivity contribution in [2.24, 2.45) is 0 Å². The first-order valence-electron chi connectivity index (χ1n) is 5.54. The molecule has 0 aliphatic carbocycles. The minimum atomic E-state index is 0. The van der Waals surface area contributed by atoms with Gasteiger partial charge in [0, 0.05) is 5.54 Å². The fraction of sp³-hybridized carbons (Fsp3) is 1.00. The van der Waals surface area contributed by atoms with Crippen molar-refractivity contribution in [3.8, 4) is 0 Å². The van der Waals surface area contributed by atoms with Crippen LogP contribution in [0.25, 0.3) is 0 Å². The van der Waals surface area contributed by atoms with Gasteiger partial charge in [0.1, 0.15) is 0 Å². The first kappa shape index (κ1) is 12.9. The molecule has 13 heavy (non-hydrogen) atoms. The summed E-state index contributed by atoms with van der Waals surface area (Å²) in [6, 6.07) is 0. The summed E-state index contributed by atoms with van der Waals surface area (Å²) in [5.74, 6) is 0. The lowest BCUT2D eigenvalue weighted by molar-refractivity contribution is 0.0441. The molecule has 1 aliphatic heterocycles. The van der Waals surface area contributed by atoms with Gasteiger partial charge >= 0.3 is 0 Å². The van der Waals surface area contributed by atoms with Crippen molar-refractivity contribution in [1.82, 2.24) is 4.90 Å². The summed E-state index contributed by atoms with van der Waals surface area (Å²) < 4.78 is 0. The number of rotatable bonds is 3. The van der Waals surface area contributed by atoms with Gasteiger partial charge in [0.2, 0.25) is 0 Å². The van der Waals surface area contributed by atoms with Crippen LogP contribution in [0.4, 0.5) is 0 Å². The largest absolute Gasteiger partial charge is 0.412 e. The first-order valence-corrected chi connectivity index (χ1v) is 5.54. The molecule has 0 atom stereocenters. The average molecular weight is 187 g/mol. The highest BCUT2D eigenvalue weighted by Crippen LogP contribution is 2.33. The Morgan fingerprint density at radius 3 is 2.08 bits per heavy atom. The summed E-state index contributed by atoms with van der Waals surface area (Å²) in [4.78, 5) is 2.69. The van der Waals surface area contributed by atoms with Crippen LogP contribution < -0.4 is 0 Å². The lowest BCUT2D eigenvalue weighted by atomic mass is 9.82.